The Hall–Kier alpha value is 0.230. The van der Waals surface area contributed by atoms with Crippen LogP contribution in [-0.4, -0.2) is 33.6 Å². The van der Waals surface area contributed by atoms with Crippen LogP contribution in [0.1, 0.15) is 27.2 Å². The average Bonchev–Trinajstić information content (AvgIpc) is 2.39. The molecule has 1 N–H and O–H groups in total. The topological polar surface area (TPSA) is 38.7 Å². The Labute approximate surface area is 82.0 Å². The number of hydrogen-bond acceptors (Lipinski definition) is 3. The molecule has 2 fully saturated rings. The molecule has 0 aromatic rings. The molecule has 2 aliphatic rings. The van der Waals surface area contributed by atoms with Crippen LogP contribution in [0.3, 0.4) is 0 Å². The summed E-state index contributed by atoms with van der Waals surface area (Å²) in [6.07, 6.45) is 1.21. The zero-order valence-corrected chi connectivity index (χ0v) is 9.13. The van der Waals surface area contributed by atoms with Gasteiger partial charge in [0.05, 0.1) is 0 Å². The Morgan fingerprint density at radius 3 is 2.77 bits per heavy atom. The molecule has 1 unspecified atom stereocenters. The van der Waals surface area contributed by atoms with E-state index in [0.717, 1.165) is 12.2 Å². The van der Waals surface area contributed by atoms with E-state index in [0.29, 0.717) is 0 Å². The molecule has 3 nitrogen and oxygen atoms in total. The predicted octanol–water partition coefficient (Wildman–Crippen LogP) is 1.39. The first kappa shape index (κ1) is 9.77. The first-order valence-electron chi connectivity index (χ1n) is 4.78. The fraction of sp³-hybridized carbons (Fsp3) is 1.00. The van der Waals surface area contributed by atoms with Crippen molar-refractivity contribution in [2.45, 2.75) is 50.4 Å². The van der Waals surface area contributed by atoms with E-state index in [1.54, 1.807) is 0 Å². The van der Waals surface area contributed by atoms with Gasteiger partial charge >= 0.3 is 0 Å². The number of ether oxygens (including phenoxy) is 2. The van der Waals surface area contributed by atoms with Crippen LogP contribution in [0.5, 0.6) is 0 Å². The summed E-state index contributed by atoms with van der Waals surface area (Å²) in [6.45, 7) is 5.97. The van der Waals surface area contributed by atoms with Crippen molar-refractivity contribution in [1.82, 2.24) is 0 Å². The zero-order chi connectivity index (χ0) is 9.64. The van der Waals surface area contributed by atoms with Crippen LogP contribution in [0, 0.1) is 0 Å². The molecule has 2 heterocycles. The van der Waals surface area contributed by atoms with Gasteiger partial charge in [-0.25, -0.2) is 0 Å². The molecule has 2 saturated heterocycles. The highest BCUT2D eigenvalue weighted by atomic mass is 32.2. The molecular weight excluding hydrogens is 188 g/mol. The Bertz CT molecular complexity index is 207. The highest BCUT2D eigenvalue weighted by Crippen LogP contribution is 2.39. The van der Waals surface area contributed by atoms with Gasteiger partial charge in [0.2, 0.25) is 0 Å². The van der Waals surface area contributed by atoms with E-state index >= 15 is 0 Å². The van der Waals surface area contributed by atoms with Crippen LogP contribution >= 0.6 is 0 Å². The second-order valence-corrected chi connectivity index (χ2v) is 5.89. The first-order chi connectivity index (χ1) is 6.03. The highest BCUT2D eigenvalue weighted by molar-refractivity contribution is 7.92. The third-order valence-electron chi connectivity index (χ3n) is 2.67. The van der Waals surface area contributed by atoms with Crippen molar-refractivity contribution in [2.75, 3.05) is 5.75 Å². The zero-order valence-electron chi connectivity index (χ0n) is 8.32. The first-order valence-corrected chi connectivity index (χ1v) is 6.19. The molecule has 0 aromatic heterocycles. The van der Waals surface area contributed by atoms with Gasteiger partial charge in [-0.1, -0.05) is 6.92 Å². The molecule has 0 aliphatic carbocycles. The SMILES string of the molecule is CC[C@@H]1[C@H]2OC(C)(C)O[C@H]2C[S+]1O. The fourth-order valence-electron chi connectivity index (χ4n) is 2.18. The number of hydrogen-bond donors (Lipinski definition) is 1. The predicted molar refractivity (Wildman–Crippen MR) is 52.8 cm³/mol. The third kappa shape index (κ3) is 1.61. The minimum atomic E-state index is -0.503. The quantitative estimate of drug-likeness (QED) is 0.657. The van der Waals surface area contributed by atoms with Gasteiger partial charge < -0.3 is 9.47 Å². The van der Waals surface area contributed by atoms with Gasteiger partial charge in [-0.15, -0.1) is 0 Å². The minimum Gasteiger partial charge on any atom is -0.339 e. The van der Waals surface area contributed by atoms with Gasteiger partial charge in [0, 0.05) is 0 Å². The van der Waals surface area contributed by atoms with Crippen molar-refractivity contribution in [2.24, 2.45) is 0 Å². The third-order valence-corrected chi connectivity index (χ3v) is 4.65. The van der Waals surface area contributed by atoms with Crippen molar-refractivity contribution < 1.29 is 14.0 Å². The van der Waals surface area contributed by atoms with E-state index in [1.807, 2.05) is 13.8 Å². The number of rotatable bonds is 1. The highest BCUT2D eigenvalue weighted by Gasteiger charge is 2.59. The summed E-state index contributed by atoms with van der Waals surface area (Å²) in [4.78, 5) is 0. The van der Waals surface area contributed by atoms with E-state index in [4.69, 9.17) is 9.47 Å². The summed E-state index contributed by atoms with van der Waals surface area (Å²) < 4.78 is 21.2. The van der Waals surface area contributed by atoms with Crippen LogP contribution in [0.15, 0.2) is 0 Å². The minimum absolute atomic E-state index is 0.119. The van der Waals surface area contributed by atoms with Gasteiger partial charge in [-0.05, 0) is 20.3 Å². The van der Waals surface area contributed by atoms with Gasteiger partial charge in [-0.2, -0.15) is 4.55 Å². The van der Waals surface area contributed by atoms with Crippen molar-refractivity contribution in [3.8, 4) is 0 Å². The summed E-state index contributed by atoms with van der Waals surface area (Å²) >= 11 is -0.503. The second-order valence-electron chi connectivity index (χ2n) is 4.15. The van der Waals surface area contributed by atoms with Gasteiger partial charge in [-0.3, -0.25) is 0 Å². The van der Waals surface area contributed by atoms with Crippen LogP contribution in [0.2, 0.25) is 0 Å². The van der Waals surface area contributed by atoms with E-state index in [1.165, 1.54) is 0 Å². The number of fused-ring (bicyclic) bond motifs is 1. The smallest absolute Gasteiger partial charge is 0.179 e. The summed E-state index contributed by atoms with van der Waals surface area (Å²) in [6, 6.07) is 0. The summed E-state index contributed by atoms with van der Waals surface area (Å²) in [5.74, 6) is 0.306. The molecule has 0 spiro atoms. The van der Waals surface area contributed by atoms with E-state index in [9.17, 15) is 4.55 Å². The van der Waals surface area contributed by atoms with E-state index in [-0.39, 0.29) is 17.5 Å². The molecule has 2 aliphatic heterocycles. The standard InChI is InChI=1S/C9H17O3S/c1-4-7-8-6(5-13(7)10)11-9(2,3)12-8/h6-8,10H,4-5H2,1-3H3/q+1/t6-,7+,8-,13?/m0/s1. The molecular formula is C9H17O3S+. The Kier molecular flexibility index (Phi) is 2.35. The maximum atomic E-state index is 9.73. The Morgan fingerprint density at radius 1 is 1.46 bits per heavy atom. The molecule has 13 heavy (non-hydrogen) atoms. The lowest BCUT2D eigenvalue weighted by molar-refractivity contribution is -0.145. The van der Waals surface area contributed by atoms with Crippen molar-refractivity contribution >= 4 is 11.2 Å². The van der Waals surface area contributed by atoms with Crippen LogP contribution in [-0.2, 0) is 20.6 Å². The Balaban J connectivity index is 2.10. The van der Waals surface area contributed by atoms with E-state index < -0.39 is 17.0 Å². The van der Waals surface area contributed by atoms with Crippen LogP contribution in [0.4, 0.5) is 0 Å². The van der Waals surface area contributed by atoms with E-state index in [2.05, 4.69) is 6.92 Å². The molecule has 2 rings (SSSR count). The molecule has 76 valence electrons. The second kappa shape index (κ2) is 3.12. The van der Waals surface area contributed by atoms with Gasteiger partial charge in [0.15, 0.2) is 28.0 Å². The van der Waals surface area contributed by atoms with Gasteiger partial charge in [0.25, 0.3) is 0 Å². The van der Waals surface area contributed by atoms with Gasteiger partial charge in [0.1, 0.15) is 12.2 Å². The lowest BCUT2D eigenvalue weighted by atomic mass is 10.1. The van der Waals surface area contributed by atoms with Crippen molar-refractivity contribution in [3.63, 3.8) is 0 Å². The molecule has 4 heteroatoms. The summed E-state index contributed by atoms with van der Waals surface area (Å²) in [7, 11) is 0. The lowest BCUT2D eigenvalue weighted by Gasteiger charge is -2.19. The largest absolute Gasteiger partial charge is 0.339 e. The maximum Gasteiger partial charge on any atom is 0.179 e. The maximum absolute atomic E-state index is 9.73. The molecule has 0 amide bonds. The van der Waals surface area contributed by atoms with Crippen molar-refractivity contribution in [1.29, 1.82) is 0 Å². The molecule has 0 aromatic carbocycles. The molecule has 0 bridgehead atoms. The van der Waals surface area contributed by atoms with Crippen LogP contribution in [0.25, 0.3) is 0 Å². The summed E-state index contributed by atoms with van der Waals surface area (Å²) in [5.41, 5.74) is 0. The molecule has 0 saturated carbocycles. The normalized spacial score (nSPS) is 48.0. The molecule has 0 radical (unpaired) electrons. The Morgan fingerprint density at radius 2 is 2.15 bits per heavy atom. The molecule has 4 atom stereocenters. The van der Waals surface area contributed by atoms with Crippen LogP contribution < -0.4 is 0 Å². The fourth-order valence-corrected chi connectivity index (χ4v) is 3.95. The summed E-state index contributed by atoms with van der Waals surface area (Å²) in [5, 5.41) is 0.284. The van der Waals surface area contributed by atoms with Crippen molar-refractivity contribution in [3.05, 3.63) is 0 Å². The lowest BCUT2D eigenvalue weighted by Crippen LogP contribution is -2.31. The monoisotopic (exact) mass is 205 g/mol. The average molecular weight is 205 g/mol.